The van der Waals surface area contributed by atoms with Crippen molar-refractivity contribution in [1.29, 1.82) is 0 Å². The van der Waals surface area contributed by atoms with Gasteiger partial charge in [0.2, 0.25) is 0 Å². The van der Waals surface area contributed by atoms with Crippen LogP contribution in [-0.4, -0.2) is 43.4 Å². The summed E-state index contributed by atoms with van der Waals surface area (Å²) in [7, 11) is -0.550. The third-order valence-electron chi connectivity index (χ3n) is 4.54. The summed E-state index contributed by atoms with van der Waals surface area (Å²) in [6, 6.07) is 7.15. The summed E-state index contributed by atoms with van der Waals surface area (Å²) < 4.78 is 39.1. The zero-order valence-corrected chi connectivity index (χ0v) is 17.1. The number of benzene rings is 1. The number of allylic oxidation sites excluding steroid dienone is 9. The molecule has 0 radical (unpaired) electrons. The van der Waals surface area contributed by atoms with E-state index in [2.05, 4.69) is 9.31 Å². The molecule has 0 atom stereocenters. The summed E-state index contributed by atoms with van der Waals surface area (Å²) in [5.41, 5.74) is 3.49. The second kappa shape index (κ2) is 9.13. The molecule has 0 saturated heterocycles. The van der Waals surface area contributed by atoms with Crippen LogP contribution in [0.4, 0.5) is 8.63 Å². The van der Waals surface area contributed by atoms with E-state index in [1.54, 1.807) is 43.2 Å². The fourth-order valence-corrected chi connectivity index (χ4v) is 2.85. The summed E-state index contributed by atoms with van der Waals surface area (Å²) in [6.45, 7) is 1.12. The molecule has 1 aromatic rings. The summed E-state index contributed by atoms with van der Waals surface area (Å²) in [5.74, 6) is 0.0282. The Hall–Kier alpha value is -3.12. The number of halogens is 2. The molecule has 2 aliphatic rings. The molecule has 154 valence electrons. The van der Waals surface area contributed by atoms with E-state index in [0.717, 1.165) is 22.3 Å². The number of hydrogen-bond acceptors (Lipinski definition) is 3. The van der Waals surface area contributed by atoms with E-state index in [0.29, 0.717) is 0 Å². The summed E-state index contributed by atoms with van der Waals surface area (Å²) in [4.78, 5) is 0. The van der Waals surface area contributed by atoms with Crippen LogP contribution in [0.5, 0.6) is 0 Å². The Morgan fingerprint density at radius 2 is 1.63 bits per heavy atom. The number of nitrogens with zero attached hydrogens (tertiary/aromatic N) is 1. The Balaban J connectivity index is 1.78. The Morgan fingerprint density at radius 3 is 2.23 bits per heavy atom. The van der Waals surface area contributed by atoms with E-state index in [9.17, 15) is 13.7 Å². The third kappa shape index (κ3) is 5.94. The van der Waals surface area contributed by atoms with E-state index >= 15 is 0 Å². The first-order chi connectivity index (χ1) is 14.2. The minimum Gasteiger partial charge on any atom is -0.627 e. The lowest BCUT2D eigenvalue weighted by Gasteiger charge is -2.33. The molecular weight excluding hydrogens is 386 g/mol. The van der Waals surface area contributed by atoms with Gasteiger partial charge in [0.25, 0.3) is 0 Å². The molecule has 1 heterocycles. The van der Waals surface area contributed by atoms with Crippen LogP contribution in [0, 0.1) is 0 Å². The van der Waals surface area contributed by atoms with Crippen molar-refractivity contribution in [2.45, 2.75) is 6.82 Å². The van der Waals surface area contributed by atoms with E-state index in [1.807, 2.05) is 43.0 Å². The van der Waals surface area contributed by atoms with Crippen molar-refractivity contribution < 1.29 is 27.5 Å². The largest absolute Gasteiger partial charge is 0.725 e. The predicted molar refractivity (Wildman–Crippen MR) is 119 cm³/mol. The Morgan fingerprint density at radius 1 is 0.967 bits per heavy atom. The Kier molecular flexibility index (Phi) is 6.57. The highest BCUT2D eigenvalue weighted by atomic mass is 19.3. The van der Waals surface area contributed by atoms with E-state index in [-0.39, 0.29) is 11.5 Å². The minimum atomic E-state index is -4.44. The van der Waals surface area contributed by atoms with Crippen molar-refractivity contribution in [2.75, 3.05) is 14.1 Å². The minimum absolute atomic E-state index is 0.00783. The van der Waals surface area contributed by atoms with Crippen molar-refractivity contribution in [3.63, 3.8) is 0 Å². The van der Waals surface area contributed by atoms with Gasteiger partial charge in [0.15, 0.2) is 5.71 Å². The first kappa shape index (κ1) is 21.6. The summed E-state index contributed by atoms with van der Waals surface area (Å²) in [6.07, 6.45) is 15.4. The number of hydrogen-bond donors (Lipinski definition) is 1. The van der Waals surface area contributed by atoms with Crippen molar-refractivity contribution in [2.24, 2.45) is 0 Å². The smallest absolute Gasteiger partial charge is 0.627 e. The highest BCUT2D eigenvalue weighted by Crippen LogP contribution is 2.27. The molecule has 0 bridgehead atoms. The molecule has 3 rings (SSSR count). The molecular formula is C22H23B2F2NO3. The molecule has 1 aliphatic carbocycles. The zero-order chi connectivity index (χ0) is 21.7. The highest BCUT2D eigenvalue weighted by Gasteiger charge is 2.36. The van der Waals surface area contributed by atoms with E-state index in [1.165, 1.54) is 18.2 Å². The molecule has 8 heteroatoms. The molecule has 0 unspecified atom stereocenters. The molecule has 0 amide bonds. The van der Waals surface area contributed by atoms with Gasteiger partial charge in [-0.15, -0.1) is 0 Å². The third-order valence-corrected chi connectivity index (χ3v) is 4.54. The van der Waals surface area contributed by atoms with Gasteiger partial charge in [-0.3, -0.25) is 0 Å². The SMILES string of the molecule is CB(O)c1ccc(/C=C/C2=CC(=CC=C3C=CC(=[N+](C)C)C=C3)O[B-](F)(F)O2)cc1. The van der Waals surface area contributed by atoms with Crippen molar-refractivity contribution in [3.8, 4) is 0 Å². The molecule has 0 fully saturated rings. The summed E-state index contributed by atoms with van der Waals surface area (Å²) >= 11 is 0. The molecule has 30 heavy (non-hydrogen) atoms. The highest BCUT2D eigenvalue weighted by molar-refractivity contribution is 6.64. The number of rotatable bonds is 4. The Labute approximate surface area is 175 Å². The first-order valence-corrected chi connectivity index (χ1v) is 9.60. The Bertz CT molecular complexity index is 995. The lowest BCUT2D eigenvalue weighted by molar-refractivity contribution is -0.462. The lowest BCUT2D eigenvalue weighted by atomic mass is 9.64. The standard InChI is InChI=1S/C22H23B2F2NO3/c1-23(28)19-10-4-17(5-11-19)8-14-21-16-22(30-24(25,26)29-21)15-9-18-6-12-20(13-7-18)27(2)3/h4-16,28H,1-3H3/b14-8+,22-15?. The normalized spacial score (nSPS) is 18.9. The molecule has 1 N–H and O–H groups in total. The van der Waals surface area contributed by atoms with Crippen LogP contribution in [0.25, 0.3) is 6.08 Å². The van der Waals surface area contributed by atoms with Gasteiger partial charge < -0.3 is 23.0 Å². The van der Waals surface area contributed by atoms with Crippen molar-refractivity contribution >= 4 is 31.3 Å². The van der Waals surface area contributed by atoms with Gasteiger partial charge in [-0.25, -0.2) is 4.58 Å². The average molecular weight is 409 g/mol. The van der Waals surface area contributed by atoms with Gasteiger partial charge in [0.05, 0.1) is 11.5 Å². The fraction of sp³-hybridized carbons (Fsp3) is 0.136. The van der Waals surface area contributed by atoms with Gasteiger partial charge in [0, 0.05) is 18.2 Å². The van der Waals surface area contributed by atoms with E-state index < -0.39 is 14.0 Å². The van der Waals surface area contributed by atoms with Gasteiger partial charge >= 0.3 is 14.0 Å². The van der Waals surface area contributed by atoms with Gasteiger partial charge in [-0.2, -0.15) is 0 Å². The second-order valence-corrected chi connectivity index (χ2v) is 7.22. The maximum atomic E-state index is 13.9. The van der Waals surface area contributed by atoms with Crippen LogP contribution in [0.3, 0.4) is 0 Å². The van der Waals surface area contributed by atoms with Crippen LogP contribution in [-0.2, 0) is 9.31 Å². The molecule has 1 aromatic carbocycles. The van der Waals surface area contributed by atoms with Gasteiger partial charge in [0.1, 0.15) is 14.1 Å². The monoisotopic (exact) mass is 409 g/mol. The van der Waals surface area contributed by atoms with Crippen LogP contribution in [0.1, 0.15) is 5.56 Å². The molecule has 0 aromatic heterocycles. The van der Waals surface area contributed by atoms with Crippen LogP contribution >= 0.6 is 0 Å². The van der Waals surface area contributed by atoms with Crippen LogP contribution < -0.4 is 5.46 Å². The quantitative estimate of drug-likeness (QED) is 0.612. The summed E-state index contributed by atoms with van der Waals surface area (Å²) in [5, 5.41) is 9.55. The second-order valence-electron chi connectivity index (χ2n) is 7.22. The van der Waals surface area contributed by atoms with Gasteiger partial charge in [-0.1, -0.05) is 43.2 Å². The topological polar surface area (TPSA) is 41.7 Å². The van der Waals surface area contributed by atoms with Crippen molar-refractivity contribution in [3.05, 3.63) is 95.5 Å². The molecule has 0 saturated carbocycles. The fourth-order valence-electron chi connectivity index (χ4n) is 2.85. The maximum absolute atomic E-state index is 13.9. The molecule has 1 aliphatic heterocycles. The maximum Gasteiger partial charge on any atom is 0.725 e. The zero-order valence-electron chi connectivity index (χ0n) is 17.1. The lowest BCUT2D eigenvalue weighted by Crippen LogP contribution is -2.33. The first-order valence-electron chi connectivity index (χ1n) is 9.60. The van der Waals surface area contributed by atoms with E-state index in [4.69, 9.17) is 0 Å². The van der Waals surface area contributed by atoms with Crippen LogP contribution in [0.2, 0.25) is 6.82 Å². The van der Waals surface area contributed by atoms with Crippen LogP contribution in [0.15, 0.2) is 90.0 Å². The molecule has 0 spiro atoms. The molecule has 4 nitrogen and oxygen atoms in total. The predicted octanol–water partition coefficient (Wildman–Crippen LogP) is 3.48. The average Bonchev–Trinajstić information content (AvgIpc) is 2.70. The van der Waals surface area contributed by atoms with Gasteiger partial charge in [-0.05, 0) is 40.9 Å². The van der Waals surface area contributed by atoms with Crippen molar-refractivity contribution in [1.82, 2.24) is 0 Å².